The number of hydrogen-bond acceptors (Lipinski definition) is 5. The minimum Gasteiger partial charge on any atom is -0.379 e. The maximum atomic E-state index is 13.6. The molecule has 0 N–H and O–H groups in total. The molecule has 0 spiro atoms. The van der Waals surface area contributed by atoms with E-state index in [1.54, 1.807) is 12.1 Å². The van der Waals surface area contributed by atoms with Crippen LogP contribution >= 0.6 is 11.3 Å². The van der Waals surface area contributed by atoms with Crippen molar-refractivity contribution in [1.82, 2.24) is 4.98 Å². The predicted octanol–water partition coefficient (Wildman–Crippen LogP) is 4.16. The summed E-state index contributed by atoms with van der Waals surface area (Å²) in [4.78, 5) is 3.61. The molecule has 24 heavy (non-hydrogen) atoms. The molecule has 4 nitrogen and oxygen atoms in total. The molecule has 3 rings (SSSR count). The van der Waals surface area contributed by atoms with E-state index < -0.39 is 26.6 Å². The van der Waals surface area contributed by atoms with Crippen LogP contribution < -0.4 is 4.18 Å². The van der Waals surface area contributed by atoms with E-state index in [1.807, 2.05) is 12.3 Å². The molecule has 0 aliphatic heterocycles. The maximum Gasteiger partial charge on any atom is 0.342 e. The van der Waals surface area contributed by atoms with E-state index >= 15 is 0 Å². The molecule has 0 bridgehead atoms. The minimum atomic E-state index is -4.39. The quantitative estimate of drug-likeness (QED) is 0.650. The van der Waals surface area contributed by atoms with Gasteiger partial charge in [0, 0.05) is 22.7 Å². The molecular formula is C16H11F2NO3S2. The summed E-state index contributed by atoms with van der Waals surface area (Å²) in [6.45, 7) is 1.88. The number of benzene rings is 2. The average Bonchev–Trinajstić information content (AvgIpc) is 2.93. The lowest BCUT2D eigenvalue weighted by Crippen LogP contribution is -2.11. The van der Waals surface area contributed by atoms with Gasteiger partial charge in [0.1, 0.15) is 27.3 Å². The molecule has 0 unspecified atom stereocenters. The molecule has 3 aromatic rings. The van der Waals surface area contributed by atoms with E-state index in [4.69, 9.17) is 4.18 Å². The highest BCUT2D eigenvalue weighted by atomic mass is 32.2. The number of hydrogen-bond donors (Lipinski definition) is 0. The molecule has 124 valence electrons. The second-order valence-corrected chi connectivity index (χ2v) is 7.30. The van der Waals surface area contributed by atoms with E-state index in [-0.39, 0.29) is 5.75 Å². The molecule has 0 aliphatic carbocycles. The minimum absolute atomic E-state index is 0.0238. The highest BCUT2D eigenvalue weighted by Crippen LogP contribution is 2.27. The van der Waals surface area contributed by atoms with E-state index in [1.165, 1.54) is 23.5 Å². The van der Waals surface area contributed by atoms with Crippen LogP contribution in [0, 0.1) is 18.6 Å². The largest absolute Gasteiger partial charge is 0.379 e. The van der Waals surface area contributed by atoms with E-state index in [0.29, 0.717) is 6.07 Å². The van der Waals surface area contributed by atoms with Crippen molar-refractivity contribution in [1.29, 1.82) is 0 Å². The standard InChI is InChI=1S/C16H11F2NO3S2/c1-10-9-23-16(19-10)11-2-5-13(6-3-11)22-24(20,21)15-7-4-12(17)8-14(15)18/h2-9H,1H3. The maximum absolute atomic E-state index is 13.6. The van der Waals surface area contributed by atoms with Crippen LogP contribution in [0.5, 0.6) is 5.75 Å². The smallest absolute Gasteiger partial charge is 0.342 e. The van der Waals surface area contributed by atoms with Gasteiger partial charge in [-0.25, -0.2) is 13.8 Å². The van der Waals surface area contributed by atoms with Crippen molar-refractivity contribution in [2.45, 2.75) is 11.8 Å². The Morgan fingerprint density at radius 3 is 2.38 bits per heavy atom. The second kappa shape index (κ2) is 6.29. The van der Waals surface area contributed by atoms with Crippen molar-refractivity contribution in [2.24, 2.45) is 0 Å². The van der Waals surface area contributed by atoms with Crippen LogP contribution in [-0.2, 0) is 10.1 Å². The number of nitrogens with zero attached hydrogens (tertiary/aromatic N) is 1. The van der Waals surface area contributed by atoms with Crippen LogP contribution in [0.4, 0.5) is 8.78 Å². The Labute approximate surface area is 141 Å². The van der Waals surface area contributed by atoms with Crippen molar-refractivity contribution in [3.05, 3.63) is 65.2 Å². The highest BCUT2D eigenvalue weighted by molar-refractivity contribution is 7.87. The molecule has 0 fully saturated rings. The summed E-state index contributed by atoms with van der Waals surface area (Å²) in [5.74, 6) is -2.05. The first-order valence-electron chi connectivity index (χ1n) is 6.77. The SMILES string of the molecule is Cc1csc(-c2ccc(OS(=O)(=O)c3ccc(F)cc3F)cc2)n1. The van der Waals surface area contributed by atoms with Crippen molar-refractivity contribution in [2.75, 3.05) is 0 Å². The first-order valence-corrected chi connectivity index (χ1v) is 9.06. The van der Waals surface area contributed by atoms with Gasteiger partial charge in [0.15, 0.2) is 0 Å². The third-order valence-electron chi connectivity index (χ3n) is 3.09. The van der Waals surface area contributed by atoms with Crippen LogP contribution in [-0.4, -0.2) is 13.4 Å². The van der Waals surface area contributed by atoms with Crippen LogP contribution in [0.2, 0.25) is 0 Å². The normalized spacial score (nSPS) is 11.5. The zero-order valence-corrected chi connectivity index (χ0v) is 14.0. The Morgan fingerprint density at radius 1 is 1.08 bits per heavy atom. The van der Waals surface area contributed by atoms with Gasteiger partial charge in [-0.1, -0.05) is 0 Å². The number of thiazole rings is 1. The molecule has 8 heteroatoms. The van der Waals surface area contributed by atoms with E-state index in [2.05, 4.69) is 4.98 Å². The Morgan fingerprint density at radius 2 is 1.79 bits per heavy atom. The van der Waals surface area contributed by atoms with Gasteiger partial charge in [0.2, 0.25) is 0 Å². The molecule has 0 atom stereocenters. The molecule has 0 saturated heterocycles. The fourth-order valence-corrected chi connectivity index (χ4v) is 3.78. The van der Waals surface area contributed by atoms with Gasteiger partial charge in [-0.3, -0.25) is 0 Å². The average molecular weight is 367 g/mol. The monoisotopic (exact) mass is 367 g/mol. The molecule has 0 radical (unpaired) electrons. The lowest BCUT2D eigenvalue weighted by atomic mass is 10.2. The Hall–Kier alpha value is -2.32. The van der Waals surface area contributed by atoms with Crippen LogP contribution in [0.15, 0.2) is 52.7 Å². The summed E-state index contributed by atoms with van der Waals surface area (Å²) in [5, 5.41) is 2.70. The van der Waals surface area contributed by atoms with Gasteiger partial charge in [-0.2, -0.15) is 8.42 Å². The molecular weight excluding hydrogens is 356 g/mol. The van der Waals surface area contributed by atoms with Gasteiger partial charge in [-0.15, -0.1) is 11.3 Å². The summed E-state index contributed by atoms with van der Waals surface area (Å²) < 4.78 is 55.6. The Kier molecular flexibility index (Phi) is 4.33. The van der Waals surface area contributed by atoms with Gasteiger partial charge < -0.3 is 4.18 Å². The lowest BCUT2D eigenvalue weighted by Gasteiger charge is -2.08. The van der Waals surface area contributed by atoms with Gasteiger partial charge in [0.05, 0.1) is 0 Å². The van der Waals surface area contributed by atoms with Crippen molar-refractivity contribution >= 4 is 21.5 Å². The molecule has 2 aromatic carbocycles. The Balaban J connectivity index is 1.85. The zero-order valence-electron chi connectivity index (χ0n) is 12.4. The summed E-state index contributed by atoms with van der Waals surface area (Å²) >= 11 is 1.47. The lowest BCUT2D eigenvalue weighted by molar-refractivity contribution is 0.474. The molecule has 0 amide bonds. The number of aromatic nitrogens is 1. The van der Waals surface area contributed by atoms with Crippen LogP contribution in [0.25, 0.3) is 10.6 Å². The third kappa shape index (κ3) is 3.44. The first-order chi connectivity index (χ1) is 11.3. The second-order valence-electron chi connectivity index (χ2n) is 4.93. The fourth-order valence-electron chi connectivity index (χ4n) is 1.99. The highest BCUT2D eigenvalue weighted by Gasteiger charge is 2.22. The van der Waals surface area contributed by atoms with Gasteiger partial charge in [-0.05, 0) is 43.3 Å². The topological polar surface area (TPSA) is 56.3 Å². The predicted molar refractivity (Wildman–Crippen MR) is 86.5 cm³/mol. The van der Waals surface area contributed by atoms with E-state index in [9.17, 15) is 17.2 Å². The van der Waals surface area contributed by atoms with Crippen molar-refractivity contribution in [3.63, 3.8) is 0 Å². The summed E-state index contributed by atoms with van der Waals surface area (Å²) in [7, 11) is -4.39. The van der Waals surface area contributed by atoms with Gasteiger partial charge >= 0.3 is 10.1 Å². The first kappa shape index (κ1) is 16.5. The summed E-state index contributed by atoms with van der Waals surface area (Å²) in [5.41, 5.74) is 1.70. The van der Waals surface area contributed by atoms with Crippen molar-refractivity contribution in [3.8, 4) is 16.3 Å². The summed E-state index contributed by atoms with van der Waals surface area (Å²) in [6.07, 6.45) is 0. The van der Waals surface area contributed by atoms with E-state index in [0.717, 1.165) is 28.4 Å². The number of aryl methyl sites for hydroxylation is 1. The molecule has 1 heterocycles. The molecule has 0 aliphatic rings. The molecule has 1 aromatic heterocycles. The third-order valence-corrected chi connectivity index (χ3v) is 5.38. The number of halogens is 2. The Bertz CT molecular complexity index is 983. The fraction of sp³-hybridized carbons (Fsp3) is 0.0625. The van der Waals surface area contributed by atoms with Crippen LogP contribution in [0.1, 0.15) is 5.69 Å². The van der Waals surface area contributed by atoms with Crippen LogP contribution in [0.3, 0.4) is 0 Å². The number of rotatable bonds is 4. The van der Waals surface area contributed by atoms with Gasteiger partial charge in [0.25, 0.3) is 0 Å². The zero-order chi connectivity index (χ0) is 17.3. The molecule has 0 saturated carbocycles. The van der Waals surface area contributed by atoms with Crippen molar-refractivity contribution < 1.29 is 21.4 Å². The summed E-state index contributed by atoms with van der Waals surface area (Å²) in [6, 6.07) is 8.38.